The molecule has 1 aliphatic rings. The molecular formula is C30H38ClN7O3Si. The fraction of sp³-hybridized carbons (Fsp3) is 0.467. The topological polar surface area (TPSA) is 105 Å². The van der Waals surface area contributed by atoms with Crippen LogP contribution in [0.3, 0.4) is 0 Å². The summed E-state index contributed by atoms with van der Waals surface area (Å²) in [4.78, 5) is 14.4. The van der Waals surface area contributed by atoms with Gasteiger partial charge in [-0.05, 0) is 56.3 Å². The Morgan fingerprint density at radius 1 is 1.14 bits per heavy atom. The molecule has 5 aromatic rings. The highest BCUT2D eigenvalue weighted by molar-refractivity contribution is 6.76. The van der Waals surface area contributed by atoms with Gasteiger partial charge in [0.15, 0.2) is 22.3 Å². The van der Waals surface area contributed by atoms with Gasteiger partial charge in [0.1, 0.15) is 18.4 Å². The lowest BCUT2D eigenvalue weighted by atomic mass is 10.1. The molecule has 0 saturated heterocycles. The van der Waals surface area contributed by atoms with Crippen LogP contribution in [0.1, 0.15) is 38.5 Å². The maximum absolute atomic E-state index is 6.63. The molecule has 0 unspecified atom stereocenters. The van der Waals surface area contributed by atoms with Gasteiger partial charge in [0, 0.05) is 39.9 Å². The van der Waals surface area contributed by atoms with Crippen LogP contribution >= 0.6 is 11.6 Å². The number of fused-ring (bicyclic) bond motifs is 2. The van der Waals surface area contributed by atoms with E-state index >= 15 is 0 Å². The highest BCUT2D eigenvalue weighted by Gasteiger charge is 2.25. The third-order valence-corrected chi connectivity index (χ3v) is 9.72. The van der Waals surface area contributed by atoms with Gasteiger partial charge in [0.25, 0.3) is 0 Å². The van der Waals surface area contributed by atoms with Gasteiger partial charge in [0.05, 0.1) is 17.3 Å². The second kappa shape index (κ2) is 11.7. The van der Waals surface area contributed by atoms with Gasteiger partial charge in [0.2, 0.25) is 11.8 Å². The molecule has 1 saturated carbocycles. The van der Waals surface area contributed by atoms with Gasteiger partial charge < -0.3 is 23.8 Å². The van der Waals surface area contributed by atoms with E-state index in [4.69, 9.17) is 35.5 Å². The lowest BCUT2D eigenvalue weighted by molar-refractivity contribution is 0.0899. The number of oxazole rings is 1. The van der Waals surface area contributed by atoms with Crippen LogP contribution in [-0.4, -0.2) is 50.1 Å². The number of anilines is 2. The van der Waals surface area contributed by atoms with Crippen molar-refractivity contribution in [1.82, 2.24) is 29.3 Å². The molecule has 42 heavy (non-hydrogen) atoms. The van der Waals surface area contributed by atoms with Crippen molar-refractivity contribution in [3.05, 3.63) is 41.6 Å². The number of hydrogen-bond acceptors (Lipinski definition) is 8. The normalized spacial score (nSPS) is 14.4. The third-order valence-electron chi connectivity index (χ3n) is 7.62. The molecule has 222 valence electrons. The number of benzene rings is 1. The van der Waals surface area contributed by atoms with Crippen LogP contribution in [0.25, 0.3) is 33.3 Å². The summed E-state index contributed by atoms with van der Waals surface area (Å²) in [5.74, 6) is 1.57. The zero-order chi connectivity index (χ0) is 29.4. The maximum Gasteiger partial charge on any atom is 0.232 e. The van der Waals surface area contributed by atoms with E-state index in [1.165, 1.54) is 0 Å². The quantitative estimate of drug-likeness (QED) is 0.120. The molecule has 0 radical (unpaired) electrons. The van der Waals surface area contributed by atoms with Crippen molar-refractivity contribution in [1.29, 1.82) is 0 Å². The summed E-state index contributed by atoms with van der Waals surface area (Å²) in [5.41, 5.74) is 4.84. The largest absolute Gasteiger partial charge is 0.474 e. The van der Waals surface area contributed by atoms with Crippen LogP contribution in [0.4, 0.5) is 11.6 Å². The Labute approximate surface area is 251 Å². The van der Waals surface area contributed by atoms with Crippen molar-refractivity contribution < 1.29 is 13.9 Å². The predicted octanol–water partition coefficient (Wildman–Crippen LogP) is 7.80. The molecule has 4 aromatic heterocycles. The number of aryl methyl sites for hydroxylation is 2. The van der Waals surface area contributed by atoms with E-state index in [1.54, 1.807) is 10.9 Å². The first-order chi connectivity index (χ1) is 20.2. The Balaban J connectivity index is 1.47. The molecular weight excluding hydrogens is 570 g/mol. The summed E-state index contributed by atoms with van der Waals surface area (Å²) in [6.45, 7) is 12.6. The van der Waals surface area contributed by atoms with E-state index in [2.05, 4.69) is 47.3 Å². The highest BCUT2D eigenvalue weighted by atomic mass is 35.5. The highest BCUT2D eigenvalue weighted by Crippen LogP contribution is 2.39. The Bertz CT molecular complexity index is 1720. The second-order valence-electron chi connectivity index (χ2n) is 12.1. The molecule has 1 aliphatic carbocycles. The van der Waals surface area contributed by atoms with Crippen molar-refractivity contribution in [3.8, 4) is 17.0 Å². The lowest BCUT2D eigenvalue weighted by Gasteiger charge is -2.16. The molecule has 0 atom stereocenters. The first-order valence-corrected chi connectivity index (χ1v) is 18.8. The number of aromatic nitrogens is 6. The average Bonchev–Trinajstić information content (AvgIpc) is 3.73. The third kappa shape index (κ3) is 6.04. The minimum atomic E-state index is -1.24. The zero-order valence-electron chi connectivity index (χ0n) is 24.9. The summed E-state index contributed by atoms with van der Waals surface area (Å²) in [6, 6.07) is 7.14. The van der Waals surface area contributed by atoms with Gasteiger partial charge in [-0.25, -0.2) is 4.98 Å². The van der Waals surface area contributed by atoms with Crippen molar-refractivity contribution in [2.75, 3.05) is 11.9 Å². The van der Waals surface area contributed by atoms with Gasteiger partial charge >= 0.3 is 0 Å². The fourth-order valence-corrected chi connectivity index (χ4v) is 6.34. The summed E-state index contributed by atoms with van der Waals surface area (Å²) in [5, 5.41) is 8.98. The molecule has 1 aromatic carbocycles. The van der Waals surface area contributed by atoms with E-state index in [-0.39, 0.29) is 6.10 Å². The van der Waals surface area contributed by atoms with Crippen LogP contribution in [-0.2, 0) is 18.0 Å². The molecule has 0 aliphatic heterocycles. The number of hydrogen-bond donors (Lipinski definition) is 1. The van der Waals surface area contributed by atoms with Crippen LogP contribution in [0, 0.1) is 6.92 Å². The molecule has 4 heterocycles. The van der Waals surface area contributed by atoms with Crippen molar-refractivity contribution >= 4 is 53.4 Å². The van der Waals surface area contributed by atoms with E-state index in [0.29, 0.717) is 48.4 Å². The minimum Gasteiger partial charge on any atom is -0.474 e. The second-order valence-corrected chi connectivity index (χ2v) is 18.1. The fourth-order valence-electron chi connectivity index (χ4n) is 5.32. The summed E-state index contributed by atoms with van der Waals surface area (Å²) >= 11 is 6.57. The Hall–Kier alpha value is -3.41. The monoisotopic (exact) mass is 607 g/mol. The predicted molar refractivity (Wildman–Crippen MR) is 168 cm³/mol. The molecule has 0 amide bonds. The van der Waals surface area contributed by atoms with E-state index < -0.39 is 8.07 Å². The SMILES string of the molecule is CCn1ncc(Nc2nc(OC3CCCC3)c3c(-c4ccc5nc(C)oc5c4)cn(COCC[Si](C)(C)C)c3n2)c1Cl. The van der Waals surface area contributed by atoms with Crippen LogP contribution < -0.4 is 10.1 Å². The summed E-state index contributed by atoms with van der Waals surface area (Å²) in [7, 11) is -1.24. The summed E-state index contributed by atoms with van der Waals surface area (Å²) in [6.07, 6.45) is 8.17. The average molecular weight is 608 g/mol. The molecule has 10 nitrogen and oxygen atoms in total. The number of ether oxygens (including phenoxy) is 2. The Morgan fingerprint density at radius 2 is 1.95 bits per heavy atom. The molecule has 6 rings (SSSR count). The number of halogens is 1. The van der Waals surface area contributed by atoms with Gasteiger partial charge in [-0.1, -0.05) is 37.3 Å². The van der Waals surface area contributed by atoms with Crippen LogP contribution in [0.15, 0.2) is 35.0 Å². The molecule has 0 spiro atoms. The van der Waals surface area contributed by atoms with Gasteiger partial charge in [-0.15, -0.1) is 0 Å². The lowest BCUT2D eigenvalue weighted by Crippen LogP contribution is -2.22. The van der Waals surface area contributed by atoms with E-state index in [0.717, 1.165) is 65.0 Å². The van der Waals surface area contributed by atoms with Gasteiger partial charge in [-0.2, -0.15) is 15.1 Å². The zero-order valence-corrected chi connectivity index (χ0v) is 26.7. The van der Waals surface area contributed by atoms with E-state index in [9.17, 15) is 0 Å². The van der Waals surface area contributed by atoms with Gasteiger partial charge in [-0.3, -0.25) is 4.68 Å². The number of nitrogens with one attached hydrogen (secondary N) is 1. The first kappa shape index (κ1) is 28.7. The standard InChI is InChI=1S/C30H38ClN7O3Si/c1-6-38-27(31)24(16-32-38)34-30-35-28-26(29(36-30)41-21-9-7-8-10-21)22(17-37(28)18-39-13-14-42(3,4)5)20-11-12-23-25(15-20)40-19(2)33-23/h11-12,15-17,21H,6-10,13-14,18H2,1-5H3,(H,34,35,36). The molecule has 1 fully saturated rings. The van der Waals surface area contributed by atoms with Crippen molar-refractivity contribution in [2.45, 2.75) is 84.6 Å². The van der Waals surface area contributed by atoms with Crippen molar-refractivity contribution in [2.24, 2.45) is 0 Å². The van der Waals surface area contributed by atoms with Crippen LogP contribution in [0.2, 0.25) is 30.8 Å². The molecule has 12 heteroatoms. The van der Waals surface area contributed by atoms with E-state index in [1.807, 2.05) is 30.5 Å². The number of nitrogens with zero attached hydrogens (tertiary/aromatic N) is 6. The minimum absolute atomic E-state index is 0.103. The van der Waals surface area contributed by atoms with Crippen molar-refractivity contribution in [3.63, 3.8) is 0 Å². The Kier molecular flexibility index (Phi) is 7.99. The maximum atomic E-state index is 6.63. The number of rotatable bonds is 11. The Morgan fingerprint density at radius 3 is 2.69 bits per heavy atom. The smallest absolute Gasteiger partial charge is 0.232 e. The summed E-state index contributed by atoms with van der Waals surface area (Å²) < 4.78 is 22.5. The van der Waals surface area contributed by atoms with Crippen LogP contribution in [0.5, 0.6) is 5.88 Å². The molecule has 1 N–H and O–H groups in total. The molecule has 0 bridgehead atoms. The first-order valence-electron chi connectivity index (χ1n) is 14.7.